The number of aromatic nitrogens is 1. The number of benzene rings is 4. The predicted octanol–water partition coefficient (Wildman–Crippen LogP) is 6.32. The molecular formula is C37H34N2O5S. The lowest BCUT2D eigenvalue weighted by atomic mass is 9.95. The summed E-state index contributed by atoms with van der Waals surface area (Å²) in [4.78, 5) is 32.8. The smallest absolute Gasteiger partial charge is 0.338 e. The molecule has 1 aliphatic rings. The first kappa shape index (κ1) is 30.1. The van der Waals surface area contributed by atoms with Gasteiger partial charge in [0.15, 0.2) is 4.80 Å². The van der Waals surface area contributed by atoms with Crippen molar-refractivity contribution in [2.45, 2.75) is 46.4 Å². The number of esters is 1. The summed E-state index contributed by atoms with van der Waals surface area (Å²) in [5.74, 6) is 0.743. The van der Waals surface area contributed by atoms with Crippen molar-refractivity contribution >= 4 is 34.2 Å². The number of carbonyl (C=O) groups is 1. The maximum absolute atomic E-state index is 14.2. The SMILES string of the molecule is CCOC(=O)C1=C(C)N=c2s/c(=C\c3ccccc3OCc3cccc4ccccc34)c(=O)n2[C@@H]1c1ccccc1OC(C)C. The molecule has 0 fully saturated rings. The fraction of sp³-hybridized carbons (Fsp3) is 0.216. The molecule has 0 N–H and O–H groups in total. The molecule has 5 aromatic rings. The summed E-state index contributed by atoms with van der Waals surface area (Å²) in [5, 5.41) is 2.29. The molecule has 45 heavy (non-hydrogen) atoms. The first-order valence-electron chi connectivity index (χ1n) is 15.0. The van der Waals surface area contributed by atoms with Crippen LogP contribution in [0.4, 0.5) is 0 Å². The van der Waals surface area contributed by atoms with Gasteiger partial charge in [-0.25, -0.2) is 9.79 Å². The Morgan fingerprint density at radius 3 is 2.47 bits per heavy atom. The van der Waals surface area contributed by atoms with Crippen LogP contribution in [0, 0.1) is 0 Å². The number of carbonyl (C=O) groups excluding carboxylic acids is 1. The van der Waals surface area contributed by atoms with E-state index in [0.717, 1.165) is 21.9 Å². The lowest BCUT2D eigenvalue weighted by Crippen LogP contribution is -2.40. The van der Waals surface area contributed by atoms with Gasteiger partial charge in [-0.1, -0.05) is 90.2 Å². The molecule has 0 bridgehead atoms. The van der Waals surface area contributed by atoms with Crippen LogP contribution in [0.1, 0.15) is 50.4 Å². The number of thiazole rings is 1. The van der Waals surface area contributed by atoms with Gasteiger partial charge in [-0.2, -0.15) is 0 Å². The van der Waals surface area contributed by atoms with Crippen molar-refractivity contribution in [3.05, 3.63) is 139 Å². The number of hydrogen-bond donors (Lipinski definition) is 0. The first-order valence-corrected chi connectivity index (χ1v) is 15.8. The van der Waals surface area contributed by atoms with Gasteiger partial charge in [0.1, 0.15) is 24.1 Å². The fourth-order valence-corrected chi connectivity index (χ4v) is 6.64. The number of nitrogens with zero attached hydrogens (tertiary/aromatic N) is 2. The Morgan fingerprint density at radius 2 is 1.67 bits per heavy atom. The van der Waals surface area contributed by atoms with Crippen LogP contribution in [-0.2, 0) is 16.1 Å². The Balaban J connectivity index is 1.44. The predicted molar refractivity (Wildman–Crippen MR) is 177 cm³/mol. The van der Waals surface area contributed by atoms with Crippen LogP contribution in [0.5, 0.6) is 11.5 Å². The molecule has 6 rings (SSSR count). The van der Waals surface area contributed by atoms with Crippen LogP contribution in [0.3, 0.4) is 0 Å². The summed E-state index contributed by atoms with van der Waals surface area (Å²) >= 11 is 1.28. The van der Waals surface area contributed by atoms with E-state index < -0.39 is 12.0 Å². The van der Waals surface area contributed by atoms with E-state index in [0.29, 0.717) is 44.3 Å². The van der Waals surface area contributed by atoms with Gasteiger partial charge >= 0.3 is 5.97 Å². The first-order chi connectivity index (χ1) is 21.9. The number of rotatable bonds is 9. The topological polar surface area (TPSA) is 79.1 Å². The molecule has 1 atom stereocenters. The molecular weight excluding hydrogens is 584 g/mol. The Kier molecular flexibility index (Phi) is 8.67. The van der Waals surface area contributed by atoms with Crippen molar-refractivity contribution in [1.29, 1.82) is 0 Å². The Morgan fingerprint density at radius 1 is 0.956 bits per heavy atom. The summed E-state index contributed by atoms with van der Waals surface area (Å²) in [6, 6.07) is 28.8. The Labute approximate surface area is 265 Å². The Bertz CT molecular complexity index is 2100. The molecule has 2 heterocycles. The van der Waals surface area contributed by atoms with Crippen molar-refractivity contribution in [1.82, 2.24) is 4.57 Å². The Hall–Kier alpha value is -4.95. The van der Waals surface area contributed by atoms with Gasteiger partial charge in [0.05, 0.1) is 28.5 Å². The molecule has 0 amide bonds. The number of fused-ring (bicyclic) bond motifs is 2. The standard InChI is InChI=1S/C37H34N2O5S/c1-5-42-36(41)33-24(4)38-37-39(34(33)29-18-9-11-20-31(29)44-23(2)3)35(40)32(45-37)21-26-14-7-10-19-30(26)43-22-27-16-12-15-25-13-6-8-17-28(25)27/h6-21,23,34H,5,22H2,1-4H3/b32-21-/t34-/m1/s1. The van der Waals surface area contributed by atoms with Gasteiger partial charge in [0, 0.05) is 11.1 Å². The average molecular weight is 619 g/mol. The molecule has 1 aromatic heterocycles. The zero-order chi connectivity index (χ0) is 31.5. The van der Waals surface area contributed by atoms with Gasteiger partial charge < -0.3 is 14.2 Å². The van der Waals surface area contributed by atoms with E-state index in [2.05, 4.69) is 24.3 Å². The summed E-state index contributed by atoms with van der Waals surface area (Å²) in [5.41, 5.74) is 3.09. The van der Waals surface area contributed by atoms with Gasteiger partial charge in [-0.3, -0.25) is 9.36 Å². The van der Waals surface area contributed by atoms with Gasteiger partial charge in [-0.05, 0) is 62.2 Å². The molecule has 4 aromatic carbocycles. The highest BCUT2D eigenvalue weighted by Crippen LogP contribution is 2.36. The fourth-order valence-electron chi connectivity index (χ4n) is 5.60. The van der Waals surface area contributed by atoms with Gasteiger partial charge in [0.2, 0.25) is 0 Å². The highest BCUT2D eigenvalue weighted by molar-refractivity contribution is 7.07. The molecule has 0 saturated carbocycles. The van der Waals surface area contributed by atoms with Crippen LogP contribution in [0.25, 0.3) is 16.8 Å². The van der Waals surface area contributed by atoms with Crippen molar-refractivity contribution in [3.8, 4) is 11.5 Å². The quantitative estimate of drug-likeness (QED) is 0.181. The van der Waals surface area contributed by atoms with Crippen molar-refractivity contribution in [2.75, 3.05) is 6.61 Å². The third kappa shape index (κ3) is 6.06. The van der Waals surface area contributed by atoms with E-state index in [1.165, 1.54) is 11.3 Å². The molecule has 1 aliphatic heterocycles. The summed E-state index contributed by atoms with van der Waals surface area (Å²) < 4.78 is 20.0. The highest BCUT2D eigenvalue weighted by Gasteiger charge is 2.35. The van der Waals surface area contributed by atoms with Crippen LogP contribution >= 0.6 is 11.3 Å². The second-order valence-electron chi connectivity index (χ2n) is 11.0. The van der Waals surface area contributed by atoms with Crippen LogP contribution in [-0.4, -0.2) is 23.2 Å². The minimum absolute atomic E-state index is 0.108. The molecule has 0 radical (unpaired) electrons. The summed E-state index contributed by atoms with van der Waals surface area (Å²) in [6.07, 6.45) is 1.72. The van der Waals surface area contributed by atoms with Gasteiger partial charge in [0.25, 0.3) is 5.56 Å². The minimum atomic E-state index is -0.768. The maximum Gasteiger partial charge on any atom is 0.338 e. The summed E-state index contributed by atoms with van der Waals surface area (Å²) in [6.45, 7) is 7.99. The largest absolute Gasteiger partial charge is 0.491 e. The van der Waals surface area contributed by atoms with Crippen LogP contribution < -0.4 is 24.4 Å². The van der Waals surface area contributed by atoms with Crippen molar-refractivity contribution < 1.29 is 19.0 Å². The number of ether oxygens (including phenoxy) is 3. The molecule has 0 unspecified atom stereocenters. The second kappa shape index (κ2) is 13.0. The van der Waals surface area contributed by atoms with E-state index in [1.54, 1.807) is 18.4 Å². The van der Waals surface area contributed by atoms with Crippen molar-refractivity contribution in [3.63, 3.8) is 0 Å². The molecule has 8 heteroatoms. The van der Waals surface area contributed by atoms with E-state index in [4.69, 9.17) is 19.2 Å². The van der Waals surface area contributed by atoms with E-state index >= 15 is 0 Å². The van der Waals surface area contributed by atoms with E-state index in [1.807, 2.05) is 86.7 Å². The van der Waals surface area contributed by atoms with Crippen LogP contribution in [0.2, 0.25) is 0 Å². The third-order valence-corrected chi connectivity index (χ3v) is 8.54. The molecule has 0 saturated heterocycles. The second-order valence-corrected chi connectivity index (χ2v) is 12.0. The molecule has 0 spiro atoms. The van der Waals surface area contributed by atoms with Crippen molar-refractivity contribution in [2.24, 2.45) is 4.99 Å². The molecule has 7 nitrogen and oxygen atoms in total. The lowest BCUT2D eigenvalue weighted by molar-refractivity contribution is -0.139. The average Bonchev–Trinajstić information content (AvgIpc) is 3.33. The zero-order valence-corrected chi connectivity index (χ0v) is 26.5. The van der Waals surface area contributed by atoms with Crippen LogP contribution in [0.15, 0.2) is 112 Å². The molecule has 228 valence electrons. The van der Waals surface area contributed by atoms with E-state index in [9.17, 15) is 9.59 Å². The van der Waals surface area contributed by atoms with Gasteiger partial charge in [-0.15, -0.1) is 0 Å². The lowest BCUT2D eigenvalue weighted by Gasteiger charge is -2.26. The minimum Gasteiger partial charge on any atom is -0.491 e. The number of allylic oxidation sites excluding steroid dienone is 1. The maximum atomic E-state index is 14.2. The number of hydrogen-bond acceptors (Lipinski definition) is 7. The molecule has 0 aliphatic carbocycles. The van der Waals surface area contributed by atoms with E-state index in [-0.39, 0.29) is 18.3 Å². The zero-order valence-electron chi connectivity index (χ0n) is 25.7. The normalized spacial score (nSPS) is 14.8. The number of para-hydroxylation sites is 2. The third-order valence-electron chi connectivity index (χ3n) is 7.56. The summed E-state index contributed by atoms with van der Waals surface area (Å²) in [7, 11) is 0. The monoisotopic (exact) mass is 618 g/mol. The highest BCUT2D eigenvalue weighted by atomic mass is 32.1.